The number of hydrogen-bond acceptors (Lipinski definition) is 5. The second kappa shape index (κ2) is 8.40. The fourth-order valence-corrected chi connectivity index (χ4v) is 2.90. The molecule has 2 aromatic carbocycles. The number of aryl methyl sites for hydroxylation is 1. The van der Waals surface area contributed by atoms with Crippen LogP contribution < -0.4 is 11.1 Å². The largest absolute Gasteiger partial charge is 0.465 e. The number of anilines is 3. The van der Waals surface area contributed by atoms with E-state index in [1.54, 1.807) is 13.0 Å². The highest BCUT2D eigenvalue weighted by Crippen LogP contribution is 2.32. The zero-order valence-corrected chi connectivity index (χ0v) is 16.0. The molecule has 0 fully saturated rings. The molecular weight excluding hydrogens is 402 g/mol. The predicted octanol–water partition coefficient (Wildman–Crippen LogP) is 4.65. The van der Waals surface area contributed by atoms with E-state index < -0.39 is 47.2 Å². The van der Waals surface area contributed by atoms with E-state index in [9.17, 15) is 22.4 Å². The lowest BCUT2D eigenvalue weighted by atomic mass is 10.00. The van der Waals surface area contributed by atoms with E-state index in [4.69, 9.17) is 5.73 Å². The van der Waals surface area contributed by atoms with Crippen LogP contribution in [0.25, 0.3) is 0 Å². The summed E-state index contributed by atoms with van der Waals surface area (Å²) < 4.78 is 62.6. The molecular formula is C21H17F4N3O2. The fraction of sp³-hybridized carbons (Fsp3) is 0.143. The second-order valence-corrected chi connectivity index (χ2v) is 6.53. The van der Waals surface area contributed by atoms with Crippen LogP contribution in [0.4, 0.5) is 34.8 Å². The van der Waals surface area contributed by atoms with Crippen LogP contribution in [0.5, 0.6) is 0 Å². The van der Waals surface area contributed by atoms with E-state index in [1.807, 2.05) is 0 Å². The first kappa shape index (κ1) is 21.1. The van der Waals surface area contributed by atoms with Gasteiger partial charge in [0.1, 0.15) is 5.82 Å². The number of hydrogen-bond donors (Lipinski definition) is 2. The molecule has 3 N–H and O–H groups in total. The molecule has 0 aliphatic rings. The number of nitrogens with zero attached hydrogens (tertiary/aromatic N) is 1. The van der Waals surface area contributed by atoms with Crippen LogP contribution in [0.3, 0.4) is 0 Å². The van der Waals surface area contributed by atoms with Gasteiger partial charge in [0.2, 0.25) is 0 Å². The minimum Gasteiger partial charge on any atom is -0.465 e. The van der Waals surface area contributed by atoms with Crippen molar-refractivity contribution < 1.29 is 27.1 Å². The summed E-state index contributed by atoms with van der Waals surface area (Å²) in [5.74, 6) is -5.73. The molecule has 3 aromatic rings. The van der Waals surface area contributed by atoms with E-state index >= 15 is 0 Å². The van der Waals surface area contributed by atoms with Gasteiger partial charge in [0.25, 0.3) is 0 Å². The Balaban J connectivity index is 2.11. The van der Waals surface area contributed by atoms with Gasteiger partial charge in [-0.1, -0.05) is 6.07 Å². The van der Waals surface area contributed by atoms with Gasteiger partial charge in [0.05, 0.1) is 24.0 Å². The first-order valence-corrected chi connectivity index (χ1v) is 8.74. The van der Waals surface area contributed by atoms with Crippen molar-refractivity contribution in [3.05, 3.63) is 82.1 Å². The average molecular weight is 419 g/mol. The van der Waals surface area contributed by atoms with Gasteiger partial charge < -0.3 is 15.8 Å². The molecule has 1 aromatic heterocycles. The normalized spacial score (nSPS) is 10.7. The molecule has 5 nitrogen and oxygen atoms in total. The van der Waals surface area contributed by atoms with E-state index in [2.05, 4.69) is 15.0 Å². The highest BCUT2D eigenvalue weighted by Gasteiger charge is 2.25. The van der Waals surface area contributed by atoms with Crippen LogP contribution in [0.15, 0.2) is 36.5 Å². The molecule has 0 aliphatic heterocycles. The Labute approximate surface area is 169 Å². The third kappa shape index (κ3) is 4.05. The number of esters is 1. The van der Waals surface area contributed by atoms with Gasteiger partial charge in [-0.25, -0.2) is 27.3 Å². The molecule has 0 saturated carbocycles. The monoisotopic (exact) mass is 419 g/mol. The van der Waals surface area contributed by atoms with Crippen molar-refractivity contribution >= 4 is 23.2 Å². The smallest absolute Gasteiger partial charge is 0.340 e. The third-order valence-electron chi connectivity index (χ3n) is 4.45. The van der Waals surface area contributed by atoms with Crippen LogP contribution in [0.1, 0.15) is 27.0 Å². The van der Waals surface area contributed by atoms with Crippen molar-refractivity contribution in [1.29, 1.82) is 0 Å². The van der Waals surface area contributed by atoms with Crippen molar-refractivity contribution in [2.24, 2.45) is 0 Å². The molecule has 0 unspecified atom stereocenters. The highest BCUT2D eigenvalue weighted by molar-refractivity contribution is 5.97. The Bertz CT molecular complexity index is 1140. The van der Waals surface area contributed by atoms with E-state index in [1.165, 1.54) is 24.4 Å². The summed E-state index contributed by atoms with van der Waals surface area (Å²) in [4.78, 5) is 15.8. The van der Waals surface area contributed by atoms with Crippen LogP contribution in [-0.4, -0.2) is 18.1 Å². The molecule has 0 aliphatic carbocycles. The number of carbonyl (C=O) groups excluding carboxylic acids is 1. The maximum absolute atomic E-state index is 14.9. The molecule has 0 atom stereocenters. The first-order valence-electron chi connectivity index (χ1n) is 8.74. The van der Waals surface area contributed by atoms with Crippen molar-refractivity contribution in [3.63, 3.8) is 0 Å². The standard InChI is InChI=1S/C21H17F4N3O2/c1-10-3-4-15(14(22)7-10)28-19-13(21(29)30-2)9-12(16(23)18(19)25)8-11-5-6-27-20(26)17(11)24/h3-7,9,28H,8H2,1-2H3,(H2,26,27). The molecule has 156 valence electrons. The number of benzene rings is 2. The van der Waals surface area contributed by atoms with Crippen LogP contribution in [0.2, 0.25) is 0 Å². The topological polar surface area (TPSA) is 77.2 Å². The van der Waals surface area contributed by atoms with Crippen LogP contribution >= 0.6 is 0 Å². The lowest BCUT2D eigenvalue weighted by Crippen LogP contribution is -2.12. The van der Waals surface area contributed by atoms with Crippen molar-refractivity contribution in [2.45, 2.75) is 13.3 Å². The number of ether oxygens (including phenoxy) is 1. The Morgan fingerprint density at radius 3 is 2.47 bits per heavy atom. The van der Waals surface area contributed by atoms with Gasteiger partial charge in [-0.3, -0.25) is 0 Å². The number of pyridine rings is 1. The third-order valence-corrected chi connectivity index (χ3v) is 4.45. The number of halogens is 4. The first-order chi connectivity index (χ1) is 14.2. The van der Waals surface area contributed by atoms with E-state index in [0.717, 1.165) is 13.2 Å². The summed E-state index contributed by atoms with van der Waals surface area (Å²) in [6, 6.07) is 6.36. The minimum atomic E-state index is -1.43. The zero-order valence-electron chi connectivity index (χ0n) is 16.0. The molecule has 3 rings (SSSR count). The summed E-state index contributed by atoms with van der Waals surface area (Å²) in [5.41, 5.74) is 4.53. The molecule has 9 heteroatoms. The van der Waals surface area contributed by atoms with Crippen molar-refractivity contribution in [1.82, 2.24) is 4.98 Å². The number of methoxy groups -OCH3 is 1. The molecule has 0 spiro atoms. The number of rotatable bonds is 5. The van der Waals surface area contributed by atoms with Crippen LogP contribution in [-0.2, 0) is 11.2 Å². The van der Waals surface area contributed by atoms with E-state index in [-0.39, 0.29) is 22.4 Å². The number of nitrogens with one attached hydrogen (secondary N) is 1. The lowest BCUT2D eigenvalue weighted by Gasteiger charge is -2.16. The van der Waals surface area contributed by atoms with Gasteiger partial charge in [-0.15, -0.1) is 0 Å². The van der Waals surface area contributed by atoms with Gasteiger partial charge in [0, 0.05) is 12.6 Å². The summed E-state index contributed by atoms with van der Waals surface area (Å²) in [7, 11) is 1.06. The summed E-state index contributed by atoms with van der Waals surface area (Å²) in [6.45, 7) is 1.66. The molecule has 1 heterocycles. The van der Waals surface area contributed by atoms with Crippen molar-refractivity contribution in [3.8, 4) is 0 Å². The second-order valence-electron chi connectivity index (χ2n) is 6.53. The summed E-state index contributed by atoms with van der Waals surface area (Å²) >= 11 is 0. The van der Waals surface area contributed by atoms with E-state index in [0.29, 0.717) is 5.56 Å². The molecule has 0 amide bonds. The van der Waals surface area contributed by atoms with Gasteiger partial charge in [-0.2, -0.15) is 0 Å². The summed E-state index contributed by atoms with van der Waals surface area (Å²) in [6.07, 6.45) is 0.823. The number of carbonyl (C=O) groups is 1. The highest BCUT2D eigenvalue weighted by atomic mass is 19.2. The Hall–Kier alpha value is -3.62. The Morgan fingerprint density at radius 2 is 1.80 bits per heavy atom. The number of aromatic nitrogens is 1. The molecule has 0 saturated heterocycles. The van der Waals surface area contributed by atoms with Gasteiger partial charge in [0.15, 0.2) is 23.3 Å². The maximum Gasteiger partial charge on any atom is 0.340 e. The Kier molecular flexibility index (Phi) is 5.91. The van der Waals surface area contributed by atoms with Gasteiger partial charge >= 0.3 is 5.97 Å². The fourth-order valence-electron chi connectivity index (χ4n) is 2.90. The number of nitrogens with two attached hydrogens (primary N) is 1. The lowest BCUT2D eigenvalue weighted by molar-refractivity contribution is 0.0601. The molecule has 0 radical (unpaired) electrons. The zero-order chi connectivity index (χ0) is 22.0. The number of nitrogen functional groups attached to an aromatic ring is 1. The molecule has 0 bridgehead atoms. The quantitative estimate of drug-likeness (QED) is 0.465. The van der Waals surface area contributed by atoms with Crippen LogP contribution in [0, 0.1) is 30.2 Å². The minimum absolute atomic E-state index is 0.0399. The predicted molar refractivity (Wildman–Crippen MR) is 104 cm³/mol. The Morgan fingerprint density at radius 1 is 1.07 bits per heavy atom. The van der Waals surface area contributed by atoms with Crippen molar-refractivity contribution in [2.75, 3.05) is 18.2 Å². The SMILES string of the molecule is COC(=O)c1cc(Cc2ccnc(N)c2F)c(F)c(F)c1Nc1ccc(C)cc1F. The van der Waals surface area contributed by atoms with Gasteiger partial charge in [-0.05, 0) is 47.9 Å². The molecule has 30 heavy (non-hydrogen) atoms. The average Bonchev–Trinajstić information content (AvgIpc) is 2.71. The maximum atomic E-state index is 14.9. The summed E-state index contributed by atoms with van der Waals surface area (Å²) in [5, 5.41) is 2.41.